The maximum absolute atomic E-state index is 11.8. The predicted octanol–water partition coefficient (Wildman–Crippen LogP) is 3.00. The molecule has 0 aromatic heterocycles. The maximum Gasteiger partial charge on any atom is 0.411 e. The maximum atomic E-state index is 11.8. The molecule has 10 heteroatoms. The van der Waals surface area contributed by atoms with Gasteiger partial charge in [0.2, 0.25) is 5.75 Å². The number of nitro benzene ring substituents is 1. The number of halogens is 1. The molecule has 0 unspecified atom stereocenters. The Bertz CT molecular complexity index is 633. The summed E-state index contributed by atoms with van der Waals surface area (Å²) >= 11 is 5.96. The third-order valence-electron chi connectivity index (χ3n) is 2.59. The summed E-state index contributed by atoms with van der Waals surface area (Å²) in [6, 6.07) is 1.12. The summed E-state index contributed by atoms with van der Waals surface area (Å²) in [5.41, 5.74) is -1.21. The van der Waals surface area contributed by atoms with Gasteiger partial charge in [-0.05, 0) is 19.9 Å². The van der Waals surface area contributed by atoms with E-state index in [1.165, 1.54) is 0 Å². The number of amides is 1. The van der Waals surface area contributed by atoms with Crippen molar-refractivity contribution in [1.29, 1.82) is 0 Å². The van der Waals surface area contributed by atoms with Crippen molar-refractivity contribution in [3.8, 4) is 5.75 Å². The van der Waals surface area contributed by atoms with E-state index in [-0.39, 0.29) is 35.2 Å². The minimum absolute atomic E-state index is 0.0469. The second-order valence-electron chi connectivity index (χ2n) is 3.99. The van der Waals surface area contributed by atoms with E-state index in [4.69, 9.17) is 16.3 Å². The van der Waals surface area contributed by atoms with Crippen LogP contribution in [-0.4, -0.2) is 37.3 Å². The normalized spacial score (nSPS) is 9.91. The van der Waals surface area contributed by atoms with Gasteiger partial charge in [0.25, 0.3) is 0 Å². The van der Waals surface area contributed by atoms with Gasteiger partial charge in [0, 0.05) is 0 Å². The van der Waals surface area contributed by atoms with Crippen LogP contribution in [0.1, 0.15) is 24.2 Å². The number of hydrogen-bond acceptors (Lipinski definition) is 7. The van der Waals surface area contributed by atoms with Gasteiger partial charge in [-0.15, -0.1) is 0 Å². The lowest BCUT2D eigenvalue weighted by molar-refractivity contribution is -0.384. The van der Waals surface area contributed by atoms with Gasteiger partial charge in [0.05, 0.1) is 30.3 Å². The number of carbonyl (C=O) groups is 2. The Morgan fingerprint density at radius 3 is 2.48 bits per heavy atom. The number of methoxy groups -OCH3 is 1. The first-order valence-electron chi connectivity index (χ1n) is 6.53. The standard InChI is InChI=1S/C13H15ClN2O7/c1-4-22-11-7(12(17)21-3)6-8(14)9(10(11)16(19)20)15-13(18)23-5-2/h6H,4-5H2,1-3H3,(H,15,18). The van der Waals surface area contributed by atoms with Crippen molar-refractivity contribution in [3.05, 3.63) is 26.8 Å². The summed E-state index contributed by atoms with van der Waals surface area (Å²) in [5.74, 6) is -1.21. The monoisotopic (exact) mass is 346 g/mol. The van der Waals surface area contributed by atoms with Crippen molar-refractivity contribution < 1.29 is 28.7 Å². The van der Waals surface area contributed by atoms with Gasteiger partial charge in [-0.3, -0.25) is 15.4 Å². The van der Waals surface area contributed by atoms with Gasteiger partial charge in [-0.2, -0.15) is 0 Å². The number of rotatable bonds is 6. The van der Waals surface area contributed by atoms with E-state index in [1.54, 1.807) is 13.8 Å². The summed E-state index contributed by atoms with van der Waals surface area (Å²) < 4.78 is 14.4. The fourth-order valence-electron chi connectivity index (χ4n) is 1.73. The van der Waals surface area contributed by atoms with Crippen LogP contribution in [0.5, 0.6) is 5.75 Å². The summed E-state index contributed by atoms with van der Waals surface area (Å²) in [7, 11) is 1.11. The predicted molar refractivity (Wildman–Crippen MR) is 81.3 cm³/mol. The fourth-order valence-corrected chi connectivity index (χ4v) is 1.98. The average Bonchev–Trinajstić information content (AvgIpc) is 2.49. The quantitative estimate of drug-likeness (QED) is 0.478. The molecule has 126 valence electrons. The Morgan fingerprint density at radius 2 is 2.00 bits per heavy atom. The molecule has 0 radical (unpaired) electrons. The van der Waals surface area contributed by atoms with Gasteiger partial charge in [0.15, 0.2) is 0 Å². The number of benzene rings is 1. The van der Waals surface area contributed by atoms with Gasteiger partial charge in [-0.1, -0.05) is 11.6 Å². The molecule has 1 rings (SSSR count). The SMILES string of the molecule is CCOC(=O)Nc1c(Cl)cc(C(=O)OC)c(OCC)c1[N+](=O)[O-]. The zero-order valence-corrected chi connectivity index (χ0v) is 13.4. The van der Waals surface area contributed by atoms with Crippen LogP contribution in [0, 0.1) is 10.1 Å². The fraction of sp³-hybridized carbons (Fsp3) is 0.385. The first-order valence-corrected chi connectivity index (χ1v) is 6.90. The lowest BCUT2D eigenvalue weighted by Gasteiger charge is -2.14. The number of nitro groups is 1. The molecular formula is C13H15ClN2O7. The van der Waals surface area contributed by atoms with Crippen molar-refractivity contribution >= 4 is 35.0 Å². The van der Waals surface area contributed by atoms with Crippen molar-refractivity contribution in [3.63, 3.8) is 0 Å². The summed E-state index contributed by atoms with van der Waals surface area (Å²) in [6.07, 6.45) is -0.925. The van der Waals surface area contributed by atoms with Crippen LogP contribution in [0.15, 0.2) is 6.07 Å². The third-order valence-corrected chi connectivity index (χ3v) is 2.88. The first kappa shape index (κ1) is 18.5. The number of ether oxygens (including phenoxy) is 3. The molecule has 0 spiro atoms. The molecule has 23 heavy (non-hydrogen) atoms. The molecule has 1 amide bonds. The average molecular weight is 347 g/mol. The van der Waals surface area contributed by atoms with Gasteiger partial charge >= 0.3 is 17.7 Å². The number of anilines is 1. The van der Waals surface area contributed by atoms with Crippen LogP contribution < -0.4 is 10.1 Å². The topological polar surface area (TPSA) is 117 Å². The number of hydrogen-bond donors (Lipinski definition) is 1. The van der Waals surface area contributed by atoms with Crippen LogP contribution in [0.4, 0.5) is 16.2 Å². The lowest BCUT2D eigenvalue weighted by Crippen LogP contribution is -2.16. The first-order chi connectivity index (χ1) is 10.9. The summed E-state index contributed by atoms with van der Waals surface area (Å²) in [6.45, 7) is 3.26. The third kappa shape index (κ3) is 4.22. The van der Waals surface area contributed by atoms with E-state index < -0.39 is 22.7 Å². The minimum Gasteiger partial charge on any atom is -0.486 e. The van der Waals surface area contributed by atoms with E-state index in [1.807, 2.05) is 0 Å². The molecule has 1 N–H and O–H groups in total. The Morgan fingerprint density at radius 1 is 1.35 bits per heavy atom. The van der Waals surface area contributed by atoms with E-state index in [0.717, 1.165) is 13.2 Å². The van der Waals surface area contributed by atoms with Crippen LogP contribution in [0.25, 0.3) is 0 Å². The minimum atomic E-state index is -0.925. The lowest BCUT2D eigenvalue weighted by atomic mass is 10.1. The van der Waals surface area contributed by atoms with Crippen molar-refractivity contribution in [2.75, 3.05) is 25.6 Å². The summed E-state index contributed by atoms with van der Waals surface area (Å²) in [4.78, 5) is 33.9. The van der Waals surface area contributed by atoms with Crippen LogP contribution in [0.2, 0.25) is 5.02 Å². The highest BCUT2D eigenvalue weighted by atomic mass is 35.5. The van der Waals surface area contributed by atoms with Crippen molar-refractivity contribution in [1.82, 2.24) is 0 Å². The molecule has 0 heterocycles. The van der Waals surface area contributed by atoms with Gasteiger partial charge in [0.1, 0.15) is 11.3 Å². The number of nitrogens with one attached hydrogen (secondary N) is 1. The molecule has 0 saturated heterocycles. The highest BCUT2D eigenvalue weighted by Gasteiger charge is 2.32. The summed E-state index contributed by atoms with van der Waals surface area (Å²) in [5, 5.41) is 13.3. The molecule has 0 fully saturated rings. The largest absolute Gasteiger partial charge is 0.486 e. The molecule has 0 aliphatic rings. The van der Waals surface area contributed by atoms with Crippen molar-refractivity contribution in [2.45, 2.75) is 13.8 Å². The second-order valence-corrected chi connectivity index (χ2v) is 4.39. The Labute approximate surface area is 136 Å². The molecule has 0 aliphatic carbocycles. The Hall–Kier alpha value is -2.55. The van der Waals surface area contributed by atoms with E-state index >= 15 is 0 Å². The van der Waals surface area contributed by atoms with Gasteiger partial charge < -0.3 is 14.2 Å². The molecule has 1 aromatic carbocycles. The van der Waals surface area contributed by atoms with Gasteiger partial charge in [-0.25, -0.2) is 9.59 Å². The zero-order valence-electron chi connectivity index (χ0n) is 12.7. The van der Waals surface area contributed by atoms with E-state index in [9.17, 15) is 19.7 Å². The Kier molecular flexibility index (Phi) is 6.58. The molecular weight excluding hydrogens is 332 g/mol. The second kappa shape index (κ2) is 8.18. The molecule has 9 nitrogen and oxygen atoms in total. The van der Waals surface area contributed by atoms with E-state index in [2.05, 4.69) is 14.8 Å². The number of esters is 1. The zero-order chi connectivity index (χ0) is 17.6. The van der Waals surface area contributed by atoms with Crippen molar-refractivity contribution in [2.24, 2.45) is 0 Å². The Balaban J connectivity index is 3.57. The highest BCUT2D eigenvalue weighted by molar-refractivity contribution is 6.35. The smallest absolute Gasteiger partial charge is 0.411 e. The number of carbonyl (C=O) groups excluding carboxylic acids is 2. The molecule has 0 atom stereocenters. The number of nitrogens with zero attached hydrogens (tertiary/aromatic N) is 1. The molecule has 1 aromatic rings. The molecule has 0 saturated carbocycles. The van der Waals surface area contributed by atoms with Crippen LogP contribution >= 0.6 is 11.6 Å². The van der Waals surface area contributed by atoms with E-state index in [0.29, 0.717) is 0 Å². The van der Waals surface area contributed by atoms with Crippen LogP contribution in [0.3, 0.4) is 0 Å². The highest BCUT2D eigenvalue weighted by Crippen LogP contribution is 2.43. The molecule has 0 aliphatic heterocycles. The van der Waals surface area contributed by atoms with Crippen LogP contribution in [-0.2, 0) is 9.47 Å². The molecule has 0 bridgehead atoms.